The second kappa shape index (κ2) is 4.13. The van der Waals surface area contributed by atoms with Crippen molar-refractivity contribution in [1.82, 2.24) is 0 Å². The summed E-state index contributed by atoms with van der Waals surface area (Å²) in [6.45, 7) is 2.12. The molecule has 0 aliphatic heterocycles. The van der Waals surface area contributed by atoms with E-state index in [2.05, 4.69) is 25.1 Å². The lowest BCUT2D eigenvalue weighted by Gasteiger charge is -2.36. The second-order valence-electron chi connectivity index (χ2n) is 5.92. The van der Waals surface area contributed by atoms with Gasteiger partial charge in [-0.3, -0.25) is 0 Å². The van der Waals surface area contributed by atoms with Crippen molar-refractivity contribution in [3.63, 3.8) is 0 Å². The number of aliphatic hydroxyl groups is 1. The Morgan fingerprint density at radius 2 is 1.94 bits per heavy atom. The van der Waals surface area contributed by atoms with Crippen molar-refractivity contribution in [1.29, 1.82) is 0 Å². The summed E-state index contributed by atoms with van der Waals surface area (Å²) in [4.78, 5) is 0. The summed E-state index contributed by atoms with van der Waals surface area (Å²) in [5.74, 6) is 0.499. The van der Waals surface area contributed by atoms with Crippen LogP contribution in [0.25, 0.3) is 0 Å². The van der Waals surface area contributed by atoms with Gasteiger partial charge in [0.15, 0.2) is 0 Å². The van der Waals surface area contributed by atoms with Gasteiger partial charge in [0.1, 0.15) is 0 Å². The van der Waals surface area contributed by atoms with E-state index >= 15 is 0 Å². The summed E-state index contributed by atoms with van der Waals surface area (Å²) in [6, 6.07) is 6.61. The normalized spacial score (nSPS) is 29.3. The van der Waals surface area contributed by atoms with Crippen LogP contribution in [0, 0.1) is 12.8 Å². The van der Waals surface area contributed by atoms with Gasteiger partial charge < -0.3 is 5.11 Å². The van der Waals surface area contributed by atoms with Gasteiger partial charge in [-0.15, -0.1) is 0 Å². The number of fused-ring (bicyclic) bond motifs is 1. The molecule has 1 aromatic carbocycles. The number of rotatable bonds is 1. The van der Waals surface area contributed by atoms with Crippen LogP contribution >= 0.6 is 0 Å². The van der Waals surface area contributed by atoms with Crippen LogP contribution in [-0.4, -0.2) is 5.11 Å². The summed E-state index contributed by atoms with van der Waals surface area (Å²) in [5, 5.41) is 11.1. The summed E-state index contributed by atoms with van der Waals surface area (Å²) in [6.07, 6.45) is 8.38. The lowest BCUT2D eigenvalue weighted by atomic mass is 9.74. The molecule has 0 heterocycles. The molecule has 3 rings (SSSR count). The van der Waals surface area contributed by atoms with Crippen molar-refractivity contribution in [3.05, 3.63) is 34.9 Å². The van der Waals surface area contributed by atoms with Crippen molar-refractivity contribution in [2.24, 2.45) is 5.92 Å². The highest BCUT2D eigenvalue weighted by molar-refractivity contribution is 5.40. The maximum Gasteiger partial charge on any atom is 0.0930 e. The molecule has 0 radical (unpaired) electrons. The standard InChI is InChI=1S/C16H22O/c1-12-7-8-13-9-10-16(17,15(13)11-12)14-5-3-2-4-6-14/h7-8,11,14,17H,2-6,9-10H2,1H3. The third-order valence-electron chi connectivity index (χ3n) is 4.79. The van der Waals surface area contributed by atoms with Gasteiger partial charge in [0.2, 0.25) is 0 Å². The fraction of sp³-hybridized carbons (Fsp3) is 0.625. The van der Waals surface area contributed by atoms with Crippen LogP contribution in [0.4, 0.5) is 0 Å². The van der Waals surface area contributed by atoms with Crippen LogP contribution in [0.5, 0.6) is 0 Å². The van der Waals surface area contributed by atoms with E-state index in [1.54, 1.807) is 0 Å². The molecule has 1 unspecified atom stereocenters. The Kier molecular flexibility index (Phi) is 2.74. The smallest absolute Gasteiger partial charge is 0.0930 e. The van der Waals surface area contributed by atoms with Gasteiger partial charge in [0, 0.05) is 0 Å². The van der Waals surface area contributed by atoms with Gasteiger partial charge >= 0.3 is 0 Å². The molecule has 1 atom stereocenters. The van der Waals surface area contributed by atoms with E-state index in [0.717, 1.165) is 12.8 Å². The van der Waals surface area contributed by atoms with Crippen LogP contribution in [0.3, 0.4) is 0 Å². The zero-order valence-corrected chi connectivity index (χ0v) is 10.7. The molecule has 1 saturated carbocycles. The van der Waals surface area contributed by atoms with E-state index in [-0.39, 0.29) is 0 Å². The monoisotopic (exact) mass is 230 g/mol. The highest BCUT2D eigenvalue weighted by Crippen LogP contribution is 2.47. The fourth-order valence-electron chi connectivity index (χ4n) is 3.78. The van der Waals surface area contributed by atoms with Crippen LogP contribution in [-0.2, 0) is 12.0 Å². The fourth-order valence-corrected chi connectivity index (χ4v) is 3.78. The third kappa shape index (κ3) is 1.81. The Balaban J connectivity index is 1.97. The number of benzene rings is 1. The number of hydrogen-bond donors (Lipinski definition) is 1. The van der Waals surface area contributed by atoms with Gasteiger partial charge in [-0.05, 0) is 49.7 Å². The molecule has 0 saturated heterocycles. The molecule has 1 aromatic rings. The predicted octanol–water partition coefficient (Wildman–Crippen LogP) is 3.71. The molecule has 0 aromatic heterocycles. The van der Waals surface area contributed by atoms with Gasteiger partial charge in [-0.2, -0.15) is 0 Å². The van der Waals surface area contributed by atoms with Crippen LogP contribution in [0.1, 0.15) is 55.2 Å². The topological polar surface area (TPSA) is 20.2 Å². The summed E-state index contributed by atoms with van der Waals surface area (Å²) in [7, 11) is 0. The lowest BCUT2D eigenvalue weighted by Crippen LogP contribution is -2.34. The minimum Gasteiger partial charge on any atom is -0.385 e. The van der Waals surface area contributed by atoms with Gasteiger partial charge in [0.25, 0.3) is 0 Å². The van der Waals surface area contributed by atoms with Crippen molar-refractivity contribution in [2.45, 2.75) is 57.5 Å². The Hall–Kier alpha value is -0.820. The SMILES string of the molecule is Cc1ccc2c(c1)C(O)(C1CCCCC1)CC2. The van der Waals surface area contributed by atoms with Crippen molar-refractivity contribution < 1.29 is 5.11 Å². The van der Waals surface area contributed by atoms with Crippen molar-refractivity contribution in [2.75, 3.05) is 0 Å². The molecular weight excluding hydrogens is 208 g/mol. The quantitative estimate of drug-likeness (QED) is 0.779. The van der Waals surface area contributed by atoms with E-state index in [1.165, 1.54) is 48.8 Å². The molecule has 0 spiro atoms. The minimum absolute atomic E-state index is 0.499. The number of aryl methyl sites for hydroxylation is 2. The third-order valence-corrected chi connectivity index (χ3v) is 4.79. The maximum absolute atomic E-state index is 11.1. The first-order chi connectivity index (χ1) is 8.20. The van der Waals surface area contributed by atoms with Crippen LogP contribution in [0.15, 0.2) is 18.2 Å². The summed E-state index contributed by atoms with van der Waals surface area (Å²) in [5.41, 5.74) is 3.38. The van der Waals surface area contributed by atoms with Crippen LogP contribution < -0.4 is 0 Å². The predicted molar refractivity (Wildman–Crippen MR) is 70.0 cm³/mol. The molecule has 0 amide bonds. The first kappa shape index (κ1) is 11.3. The highest BCUT2D eigenvalue weighted by atomic mass is 16.3. The zero-order valence-electron chi connectivity index (χ0n) is 10.7. The van der Waals surface area contributed by atoms with E-state index in [1.807, 2.05) is 0 Å². The van der Waals surface area contributed by atoms with E-state index in [4.69, 9.17) is 0 Å². The summed E-state index contributed by atoms with van der Waals surface area (Å²) < 4.78 is 0. The Labute approximate surface area is 104 Å². The summed E-state index contributed by atoms with van der Waals surface area (Å²) >= 11 is 0. The first-order valence-corrected chi connectivity index (χ1v) is 7.02. The van der Waals surface area contributed by atoms with Crippen LogP contribution in [0.2, 0.25) is 0 Å². The average molecular weight is 230 g/mol. The molecule has 2 aliphatic carbocycles. The lowest BCUT2D eigenvalue weighted by molar-refractivity contribution is -0.0369. The molecule has 92 valence electrons. The molecule has 2 aliphatic rings. The molecule has 1 N–H and O–H groups in total. The van der Waals surface area contributed by atoms with Gasteiger partial charge in [-0.25, -0.2) is 0 Å². The molecule has 1 fully saturated rings. The van der Waals surface area contributed by atoms with Crippen molar-refractivity contribution in [3.8, 4) is 0 Å². The molecule has 17 heavy (non-hydrogen) atoms. The van der Waals surface area contributed by atoms with Gasteiger partial charge in [-0.1, -0.05) is 43.0 Å². The zero-order chi connectivity index (χ0) is 11.9. The Morgan fingerprint density at radius 1 is 1.18 bits per heavy atom. The Bertz CT molecular complexity index is 418. The van der Waals surface area contributed by atoms with Gasteiger partial charge in [0.05, 0.1) is 5.60 Å². The van der Waals surface area contributed by atoms with Crippen molar-refractivity contribution >= 4 is 0 Å². The molecule has 1 heteroatoms. The van der Waals surface area contributed by atoms with E-state index in [0.29, 0.717) is 5.92 Å². The van der Waals surface area contributed by atoms with E-state index in [9.17, 15) is 5.11 Å². The largest absolute Gasteiger partial charge is 0.385 e. The average Bonchev–Trinajstić information content (AvgIpc) is 2.70. The Morgan fingerprint density at radius 3 is 2.71 bits per heavy atom. The van der Waals surface area contributed by atoms with E-state index < -0.39 is 5.60 Å². The minimum atomic E-state index is -0.512. The molecule has 1 nitrogen and oxygen atoms in total. The molecular formula is C16H22O. The highest BCUT2D eigenvalue weighted by Gasteiger charge is 2.43. The second-order valence-corrected chi connectivity index (χ2v) is 5.92. The molecule has 0 bridgehead atoms. The number of hydrogen-bond acceptors (Lipinski definition) is 1. The maximum atomic E-state index is 11.1. The first-order valence-electron chi connectivity index (χ1n) is 7.02.